The number of rotatable bonds is 9. The van der Waals surface area contributed by atoms with Crippen LogP contribution in [0.5, 0.6) is 5.88 Å². The lowest BCUT2D eigenvalue weighted by Gasteiger charge is -2.08. The second-order valence-electron chi connectivity index (χ2n) is 9.01. The van der Waals surface area contributed by atoms with Gasteiger partial charge < -0.3 is 19.5 Å². The van der Waals surface area contributed by atoms with Crippen molar-refractivity contribution in [3.63, 3.8) is 0 Å². The summed E-state index contributed by atoms with van der Waals surface area (Å²) in [6, 6.07) is 36.3. The van der Waals surface area contributed by atoms with Crippen LogP contribution in [-0.4, -0.2) is 41.9 Å². The third-order valence-corrected chi connectivity index (χ3v) is 6.05. The topological polar surface area (TPSA) is 111 Å². The molecule has 0 aliphatic heterocycles. The van der Waals surface area contributed by atoms with Crippen molar-refractivity contribution in [3.8, 4) is 5.88 Å². The van der Waals surface area contributed by atoms with Gasteiger partial charge in [0, 0.05) is 19.3 Å². The predicted octanol–water partition coefficient (Wildman–Crippen LogP) is 5.72. The number of pyridine rings is 1. The highest BCUT2D eigenvalue weighted by Crippen LogP contribution is 2.20. The summed E-state index contributed by atoms with van der Waals surface area (Å²) >= 11 is 0. The van der Waals surface area contributed by atoms with Crippen LogP contribution < -0.4 is 4.57 Å². The number of nitrogens with zero attached hydrogens (tertiary/aromatic N) is 1. The monoisotopic (exact) mass is 621 g/mol. The molecule has 0 aliphatic rings. The van der Waals surface area contributed by atoms with E-state index in [4.69, 9.17) is 27.9 Å². The number of halogens is 3. The predicted molar refractivity (Wildman–Crippen MR) is 158 cm³/mol. The van der Waals surface area contributed by atoms with Crippen LogP contribution in [0.2, 0.25) is 0 Å². The number of aromatic hydroxyl groups is 1. The van der Waals surface area contributed by atoms with Crippen molar-refractivity contribution >= 4 is 10.1 Å². The number of aliphatic hydroxyl groups is 1. The first kappa shape index (κ1) is 37.3. The molecule has 0 spiro atoms. The van der Waals surface area contributed by atoms with Crippen molar-refractivity contribution in [2.24, 2.45) is 7.05 Å². The van der Waals surface area contributed by atoms with E-state index in [9.17, 15) is 13.2 Å². The van der Waals surface area contributed by atoms with E-state index in [0.717, 1.165) is 38.9 Å². The third kappa shape index (κ3) is 18.4. The smallest absolute Gasteiger partial charge is 0.485 e. The molecular formula is C32H38F3NO6S. The summed E-state index contributed by atoms with van der Waals surface area (Å²) in [6.07, 6.45) is 5.81. The fourth-order valence-electron chi connectivity index (χ4n) is 3.23. The minimum absolute atomic E-state index is 0.285. The second-order valence-corrected chi connectivity index (χ2v) is 10.4. The van der Waals surface area contributed by atoms with Crippen LogP contribution in [0.1, 0.15) is 29.5 Å². The molecule has 0 atom stereocenters. The van der Waals surface area contributed by atoms with Crippen molar-refractivity contribution in [1.29, 1.82) is 0 Å². The first-order valence-electron chi connectivity index (χ1n) is 13.4. The molecule has 1 aromatic heterocycles. The normalized spacial score (nSPS) is 10.7. The average Bonchev–Trinajstić information content (AvgIpc) is 2.99. The molecule has 7 nitrogen and oxygen atoms in total. The highest BCUT2D eigenvalue weighted by molar-refractivity contribution is 7.86. The first-order valence-corrected chi connectivity index (χ1v) is 14.8. The van der Waals surface area contributed by atoms with Crippen molar-refractivity contribution in [1.82, 2.24) is 0 Å². The van der Waals surface area contributed by atoms with Gasteiger partial charge in [0.1, 0.15) is 7.05 Å². The van der Waals surface area contributed by atoms with Gasteiger partial charge in [-0.1, -0.05) is 91.0 Å². The summed E-state index contributed by atoms with van der Waals surface area (Å²) in [5.74, 6) is 0.285. The Morgan fingerprint density at radius 1 is 0.744 bits per heavy atom. The molecule has 4 rings (SSSR count). The molecule has 0 saturated carbocycles. The van der Waals surface area contributed by atoms with Gasteiger partial charge in [0.05, 0.1) is 12.7 Å². The van der Waals surface area contributed by atoms with Crippen LogP contribution in [0.25, 0.3) is 0 Å². The fourth-order valence-corrected chi connectivity index (χ4v) is 3.23. The Balaban J connectivity index is 0.000000306. The molecular weight excluding hydrogens is 583 g/mol. The first-order chi connectivity index (χ1) is 20.4. The zero-order valence-electron chi connectivity index (χ0n) is 23.9. The zero-order valence-corrected chi connectivity index (χ0v) is 24.8. The quantitative estimate of drug-likeness (QED) is 0.107. The highest BCUT2D eigenvalue weighted by atomic mass is 32.2. The zero-order chi connectivity index (χ0) is 32.0. The lowest BCUT2D eigenvalue weighted by molar-refractivity contribution is -0.677. The molecule has 0 saturated heterocycles. The molecule has 43 heavy (non-hydrogen) atoms. The molecule has 0 fully saturated rings. The van der Waals surface area contributed by atoms with E-state index in [1.165, 1.54) is 16.7 Å². The summed E-state index contributed by atoms with van der Waals surface area (Å²) in [5, 5.41) is 17.4. The van der Waals surface area contributed by atoms with E-state index in [-0.39, 0.29) is 12.5 Å². The van der Waals surface area contributed by atoms with Crippen molar-refractivity contribution in [3.05, 3.63) is 132 Å². The van der Waals surface area contributed by atoms with Gasteiger partial charge in [-0.05, 0) is 48.4 Å². The standard InChI is InChI=1S/C16H18O.C9H12O.C6H7NO.CHF3O3S/c1-3-8-15(9-4-1)12-7-13-17-14-16-10-5-2-6-11-16;10-8-4-7-9-5-2-1-3-6-9;1-7-5-3-2-4-6(7)8;2-1(3,4)8(5,6)7/h1-6,8-11H,7,12-14H2;1-3,5-6,10H,4,7-8H2;2-5H,1H3;(H,5,6,7). The maximum absolute atomic E-state index is 10.7. The van der Waals surface area contributed by atoms with Gasteiger partial charge in [-0.2, -0.15) is 17.7 Å². The van der Waals surface area contributed by atoms with Gasteiger partial charge in [-0.25, -0.2) is 8.42 Å². The van der Waals surface area contributed by atoms with Crippen molar-refractivity contribution in [2.45, 2.75) is 37.8 Å². The Labute approximate surface area is 251 Å². The van der Waals surface area contributed by atoms with Gasteiger partial charge in [0.2, 0.25) is 0 Å². The maximum atomic E-state index is 10.7. The molecule has 4 aromatic rings. The number of hydrogen-bond donors (Lipinski definition) is 2. The van der Waals surface area contributed by atoms with Crippen LogP contribution in [-0.2, 0) is 41.4 Å². The number of alkyl halides is 3. The number of aromatic nitrogens is 1. The number of hydrogen-bond acceptors (Lipinski definition) is 6. The van der Waals surface area contributed by atoms with E-state index < -0.39 is 15.6 Å². The Morgan fingerprint density at radius 3 is 1.53 bits per heavy atom. The molecule has 1 heterocycles. The molecule has 11 heteroatoms. The Bertz CT molecular complexity index is 1300. The Morgan fingerprint density at radius 2 is 1.16 bits per heavy atom. The summed E-state index contributed by atoms with van der Waals surface area (Å²) in [7, 11) is -4.30. The van der Waals surface area contributed by atoms with E-state index in [1.54, 1.807) is 29.9 Å². The minimum atomic E-state index is -6.09. The molecule has 0 radical (unpaired) electrons. The summed E-state index contributed by atoms with van der Waals surface area (Å²) in [6.45, 7) is 1.83. The number of benzene rings is 3. The Hall–Kier alpha value is -3.77. The van der Waals surface area contributed by atoms with Gasteiger partial charge in [0.15, 0.2) is 16.3 Å². The van der Waals surface area contributed by atoms with E-state index in [2.05, 4.69) is 54.6 Å². The number of aryl methyl sites for hydroxylation is 3. The van der Waals surface area contributed by atoms with Gasteiger partial charge in [0.25, 0.3) is 0 Å². The molecule has 2 N–H and O–H groups in total. The van der Waals surface area contributed by atoms with Crippen LogP contribution >= 0.6 is 0 Å². The van der Waals surface area contributed by atoms with Crippen LogP contribution in [0, 0.1) is 0 Å². The third-order valence-electron chi connectivity index (χ3n) is 5.49. The van der Waals surface area contributed by atoms with Crippen LogP contribution in [0.4, 0.5) is 13.2 Å². The molecule has 0 amide bonds. The maximum Gasteiger partial charge on any atom is 0.485 e. The van der Waals surface area contributed by atoms with Crippen molar-refractivity contribution in [2.75, 3.05) is 13.2 Å². The van der Waals surface area contributed by atoms with E-state index in [1.807, 2.05) is 42.5 Å². The average molecular weight is 622 g/mol. The van der Waals surface area contributed by atoms with Crippen LogP contribution in [0.15, 0.2) is 115 Å². The van der Waals surface area contributed by atoms with Gasteiger partial charge in [-0.3, -0.25) is 0 Å². The molecule has 0 unspecified atom stereocenters. The summed E-state index contributed by atoms with van der Waals surface area (Å²) < 4.78 is 66.2. The lowest BCUT2D eigenvalue weighted by atomic mass is 10.1. The SMILES string of the molecule is C[n+]1ccccc1O.O=S(=O)([O-])C(F)(F)F.OCCCc1ccccc1.c1ccc(CCCOCc2ccccc2)cc1. The molecule has 0 aliphatic carbocycles. The summed E-state index contributed by atoms with van der Waals surface area (Å²) in [4.78, 5) is 0. The van der Waals surface area contributed by atoms with Crippen molar-refractivity contribution < 1.29 is 45.7 Å². The summed E-state index contributed by atoms with van der Waals surface area (Å²) in [5.41, 5.74) is -1.72. The number of aliphatic hydroxyl groups excluding tert-OH is 1. The lowest BCUT2D eigenvalue weighted by Crippen LogP contribution is -2.26. The molecule has 3 aromatic carbocycles. The second kappa shape index (κ2) is 21.0. The number of ether oxygens (including phenoxy) is 1. The largest absolute Gasteiger partial charge is 0.741 e. The van der Waals surface area contributed by atoms with Crippen LogP contribution in [0.3, 0.4) is 0 Å². The van der Waals surface area contributed by atoms with Gasteiger partial charge >= 0.3 is 11.4 Å². The molecule has 0 bridgehead atoms. The van der Waals surface area contributed by atoms with E-state index in [0.29, 0.717) is 0 Å². The minimum Gasteiger partial charge on any atom is -0.741 e. The van der Waals surface area contributed by atoms with Gasteiger partial charge in [-0.15, -0.1) is 0 Å². The van der Waals surface area contributed by atoms with E-state index >= 15 is 0 Å². The fraction of sp³-hybridized carbons (Fsp3) is 0.281. The Kier molecular flexibility index (Phi) is 18.2. The highest BCUT2D eigenvalue weighted by Gasteiger charge is 2.36. The molecule has 234 valence electrons.